The Morgan fingerprint density at radius 3 is 2.44 bits per heavy atom. The Hall–Kier alpha value is -1.57. The van der Waals surface area contributed by atoms with Gasteiger partial charge in [-0.2, -0.15) is 5.26 Å². The first kappa shape index (κ1) is 12.9. The summed E-state index contributed by atoms with van der Waals surface area (Å²) < 4.78 is 0. The molecule has 0 aliphatic rings. The number of halogens is 1. The van der Waals surface area contributed by atoms with Crippen molar-refractivity contribution in [3.63, 3.8) is 0 Å². The van der Waals surface area contributed by atoms with Crippen molar-refractivity contribution in [1.29, 1.82) is 5.26 Å². The van der Waals surface area contributed by atoms with Crippen molar-refractivity contribution in [3.8, 4) is 6.07 Å². The molecule has 0 aliphatic carbocycles. The summed E-state index contributed by atoms with van der Waals surface area (Å²) in [5.74, 6) is 0. The van der Waals surface area contributed by atoms with Crippen molar-refractivity contribution in [2.45, 2.75) is 23.9 Å². The quantitative estimate of drug-likeness (QED) is 0.783. The van der Waals surface area contributed by atoms with Crippen LogP contribution in [0.2, 0.25) is 5.02 Å². The topological polar surface area (TPSA) is 49.6 Å². The lowest BCUT2D eigenvalue weighted by atomic mass is 10.2. The van der Waals surface area contributed by atoms with E-state index in [1.165, 1.54) is 11.8 Å². The maximum absolute atomic E-state index is 9.05. The molecule has 0 aliphatic heterocycles. The number of nitrogens with zero attached hydrogens (tertiary/aromatic N) is 3. The van der Waals surface area contributed by atoms with Crippen LogP contribution in [-0.2, 0) is 0 Å². The highest BCUT2D eigenvalue weighted by molar-refractivity contribution is 7.99. The SMILES string of the molecule is Cc1cc(C)nc(Sc2cc(Cl)ccc2C#N)n1. The van der Waals surface area contributed by atoms with E-state index < -0.39 is 0 Å². The Labute approximate surface area is 115 Å². The second kappa shape index (κ2) is 5.38. The largest absolute Gasteiger partial charge is 0.228 e. The summed E-state index contributed by atoms with van der Waals surface area (Å²) in [6, 6.07) is 9.21. The van der Waals surface area contributed by atoms with Crippen molar-refractivity contribution in [2.75, 3.05) is 0 Å². The lowest BCUT2D eigenvalue weighted by Gasteiger charge is -2.05. The van der Waals surface area contributed by atoms with Gasteiger partial charge in [0.1, 0.15) is 6.07 Å². The molecule has 90 valence electrons. The lowest BCUT2D eigenvalue weighted by Crippen LogP contribution is -1.93. The van der Waals surface area contributed by atoms with E-state index >= 15 is 0 Å². The van der Waals surface area contributed by atoms with Crippen LogP contribution < -0.4 is 0 Å². The molecule has 2 aromatic rings. The van der Waals surface area contributed by atoms with Gasteiger partial charge in [-0.15, -0.1) is 0 Å². The van der Waals surface area contributed by atoms with E-state index in [9.17, 15) is 0 Å². The number of hydrogen-bond donors (Lipinski definition) is 0. The van der Waals surface area contributed by atoms with Gasteiger partial charge in [-0.05, 0) is 49.9 Å². The first-order valence-corrected chi connectivity index (χ1v) is 6.48. The average molecular weight is 276 g/mol. The zero-order valence-corrected chi connectivity index (χ0v) is 11.5. The highest BCUT2D eigenvalue weighted by atomic mass is 35.5. The fourth-order valence-corrected chi connectivity index (χ4v) is 2.73. The lowest BCUT2D eigenvalue weighted by molar-refractivity contribution is 0.902. The third-order valence-electron chi connectivity index (χ3n) is 2.23. The van der Waals surface area contributed by atoms with Crippen LogP contribution in [0.3, 0.4) is 0 Å². The third-order valence-corrected chi connectivity index (χ3v) is 3.39. The average Bonchev–Trinajstić information content (AvgIpc) is 2.27. The minimum absolute atomic E-state index is 0.576. The zero-order chi connectivity index (χ0) is 13.1. The molecule has 0 bridgehead atoms. The highest BCUT2D eigenvalue weighted by Crippen LogP contribution is 2.30. The standard InChI is InChI=1S/C13H10ClN3S/c1-8-5-9(2)17-13(16-8)18-12-6-11(14)4-3-10(12)7-15/h3-6H,1-2H3. The number of benzene rings is 1. The predicted octanol–water partition coefficient (Wildman–Crippen LogP) is 3.77. The molecular formula is C13H10ClN3S. The summed E-state index contributed by atoms with van der Waals surface area (Å²) in [7, 11) is 0. The van der Waals surface area contributed by atoms with Crippen LogP contribution in [0, 0.1) is 25.2 Å². The van der Waals surface area contributed by atoms with Gasteiger partial charge in [0, 0.05) is 21.3 Å². The van der Waals surface area contributed by atoms with Crippen LogP contribution >= 0.6 is 23.4 Å². The molecular weight excluding hydrogens is 266 g/mol. The fraction of sp³-hybridized carbons (Fsp3) is 0.154. The Kier molecular flexibility index (Phi) is 3.85. The number of nitriles is 1. The molecule has 0 spiro atoms. The first-order valence-electron chi connectivity index (χ1n) is 5.28. The van der Waals surface area contributed by atoms with E-state index in [0.717, 1.165) is 16.3 Å². The normalized spacial score (nSPS) is 10.1. The molecule has 0 unspecified atom stereocenters. The second-order valence-electron chi connectivity index (χ2n) is 3.79. The van der Waals surface area contributed by atoms with Crippen molar-refractivity contribution in [2.24, 2.45) is 0 Å². The van der Waals surface area contributed by atoms with Gasteiger partial charge in [0.25, 0.3) is 0 Å². The molecule has 0 saturated carbocycles. The number of hydrogen-bond acceptors (Lipinski definition) is 4. The summed E-state index contributed by atoms with van der Waals surface area (Å²) in [4.78, 5) is 9.44. The molecule has 3 nitrogen and oxygen atoms in total. The second-order valence-corrected chi connectivity index (χ2v) is 5.23. The van der Waals surface area contributed by atoms with E-state index in [1.54, 1.807) is 18.2 Å². The van der Waals surface area contributed by atoms with Gasteiger partial charge in [-0.1, -0.05) is 11.6 Å². The zero-order valence-electron chi connectivity index (χ0n) is 9.94. The molecule has 5 heteroatoms. The van der Waals surface area contributed by atoms with Gasteiger partial charge in [0.05, 0.1) is 5.56 Å². The molecule has 2 rings (SSSR count). The van der Waals surface area contributed by atoms with E-state index in [0.29, 0.717) is 15.7 Å². The van der Waals surface area contributed by atoms with Gasteiger partial charge in [0.15, 0.2) is 5.16 Å². The summed E-state index contributed by atoms with van der Waals surface area (Å²) in [5, 5.41) is 10.3. The first-order chi connectivity index (χ1) is 8.58. The monoisotopic (exact) mass is 275 g/mol. The summed E-state index contributed by atoms with van der Waals surface area (Å²) in [6.07, 6.45) is 0. The Morgan fingerprint density at radius 2 is 1.83 bits per heavy atom. The van der Waals surface area contributed by atoms with E-state index in [4.69, 9.17) is 16.9 Å². The third kappa shape index (κ3) is 3.00. The van der Waals surface area contributed by atoms with Crippen LogP contribution in [-0.4, -0.2) is 9.97 Å². The van der Waals surface area contributed by atoms with Crippen LogP contribution in [0.25, 0.3) is 0 Å². The Morgan fingerprint density at radius 1 is 1.17 bits per heavy atom. The van der Waals surface area contributed by atoms with E-state index in [2.05, 4.69) is 16.0 Å². The van der Waals surface area contributed by atoms with Gasteiger partial charge in [-0.3, -0.25) is 0 Å². The molecule has 0 fully saturated rings. The van der Waals surface area contributed by atoms with Crippen LogP contribution in [0.5, 0.6) is 0 Å². The maximum Gasteiger partial charge on any atom is 0.192 e. The van der Waals surface area contributed by atoms with Crippen molar-refractivity contribution in [1.82, 2.24) is 9.97 Å². The van der Waals surface area contributed by atoms with Crippen molar-refractivity contribution >= 4 is 23.4 Å². The highest BCUT2D eigenvalue weighted by Gasteiger charge is 2.08. The van der Waals surface area contributed by atoms with E-state index in [-0.39, 0.29) is 0 Å². The molecule has 1 aromatic heterocycles. The molecule has 0 radical (unpaired) electrons. The van der Waals surface area contributed by atoms with Crippen LogP contribution in [0.4, 0.5) is 0 Å². The number of aromatic nitrogens is 2. The van der Waals surface area contributed by atoms with Gasteiger partial charge in [-0.25, -0.2) is 9.97 Å². The molecule has 0 atom stereocenters. The number of rotatable bonds is 2. The van der Waals surface area contributed by atoms with Crippen LogP contribution in [0.1, 0.15) is 17.0 Å². The van der Waals surface area contributed by atoms with Crippen molar-refractivity contribution < 1.29 is 0 Å². The summed E-state index contributed by atoms with van der Waals surface area (Å²) >= 11 is 7.29. The maximum atomic E-state index is 9.05. The molecule has 18 heavy (non-hydrogen) atoms. The van der Waals surface area contributed by atoms with Crippen molar-refractivity contribution in [3.05, 3.63) is 46.2 Å². The van der Waals surface area contributed by atoms with Crippen LogP contribution in [0.15, 0.2) is 34.3 Å². The van der Waals surface area contributed by atoms with Gasteiger partial charge >= 0.3 is 0 Å². The molecule has 1 heterocycles. The minimum atomic E-state index is 0.576. The molecule has 0 amide bonds. The molecule has 1 aromatic carbocycles. The Balaban J connectivity index is 2.39. The summed E-state index contributed by atoms with van der Waals surface area (Å²) in [5.41, 5.74) is 2.39. The Bertz CT molecular complexity index is 614. The summed E-state index contributed by atoms with van der Waals surface area (Å²) in [6.45, 7) is 3.84. The van der Waals surface area contributed by atoms with Gasteiger partial charge < -0.3 is 0 Å². The predicted molar refractivity (Wildman–Crippen MR) is 71.8 cm³/mol. The van der Waals surface area contributed by atoms with Gasteiger partial charge in [0.2, 0.25) is 0 Å². The molecule has 0 saturated heterocycles. The van der Waals surface area contributed by atoms with E-state index in [1.807, 2.05) is 19.9 Å². The minimum Gasteiger partial charge on any atom is -0.228 e. The smallest absolute Gasteiger partial charge is 0.192 e. The molecule has 0 N–H and O–H groups in total. The number of aryl methyl sites for hydroxylation is 2. The fourth-order valence-electron chi connectivity index (χ4n) is 1.51.